The Morgan fingerprint density at radius 1 is 1.06 bits per heavy atom. The molecular formula is C48H57ClN8O8S. The summed E-state index contributed by atoms with van der Waals surface area (Å²) < 4.78 is 41.9. The van der Waals surface area contributed by atoms with E-state index >= 15 is 0 Å². The van der Waals surface area contributed by atoms with Gasteiger partial charge in [0, 0.05) is 61.6 Å². The number of halogens is 1. The Hall–Kier alpha value is -5.33. The maximum Gasteiger partial charge on any atom is 0.312 e. The maximum atomic E-state index is 14.0. The number of rotatable bonds is 13. The zero-order valence-corrected chi connectivity index (χ0v) is 39.0. The third-order valence-corrected chi connectivity index (χ3v) is 16.0. The first-order valence-electron chi connectivity index (χ1n) is 22.9. The molecule has 350 valence electrons. The standard InChI is InChI=1S/C48H57ClN8O8S/c1-30(2)36-6-4-5-7-37(36)42-29-64-19-18-56(42)33-23-48(24-33)14-16-55(17-15-48)32-8-9-38(43(20-32)65-34-21-39-40(49)28-53-44(39)51-26-34)46(58)54-66(62,63)35-22-41(57(60)61)45(52-27-35)50-25-31-10-12-47(3,59)13-11-31/h4-9,20-22,26-28,30-31,33,42,59H,10-19,23-25,29H2,1-3H3,(H,50,52)(H,51,53)(H,54,58)/t31-,42-,47-/m1/s1. The lowest BCUT2D eigenvalue weighted by Gasteiger charge is -2.57. The topological polar surface area (TPSA) is 205 Å². The van der Waals surface area contributed by atoms with Gasteiger partial charge in [0.05, 0.1) is 52.8 Å². The minimum Gasteiger partial charge on any atom is -0.455 e. The predicted octanol–water partition coefficient (Wildman–Crippen LogP) is 8.73. The fraction of sp³-hybridized carbons (Fsp3) is 0.479. The van der Waals surface area contributed by atoms with Crippen molar-refractivity contribution in [1.82, 2.24) is 24.6 Å². The van der Waals surface area contributed by atoms with Crippen LogP contribution in [-0.4, -0.2) is 95.2 Å². The van der Waals surface area contributed by atoms with Gasteiger partial charge in [-0.15, -0.1) is 0 Å². The molecule has 4 fully saturated rings. The van der Waals surface area contributed by atoms with Gasteiger partial charge in [-0.3, -0.25) is 19.8 Å². The summed E-state index contributed by atoms with van der Waals surface area (Å²) in [6.45, 7) is 10.6. The number of sulfonamides is 1. The van der Waals surface area contributed by atoms with Crippen molar-refractivity contribution in [2.24, 2.45) is 11.3 Å². The number of piperidine rings is 1. The highest BCUT2D eigenvalue weighted by Crippen LogP contribution is 2.53. The maximum absolute atomic E-state index is 14.0. The predicted molar refractivity (Wildman–Crippen MR) is 252 cm³/mol. The van der Waals surface area contributed by atoms with Crippen LogP contribution in [0, 0.1) is 21.4 Å². The van der Waals surface area contributed by atoms with Crippen molar-refractivity contribution in [1.29, 1.82) is 0 Å². The van der Waals surface area contributed by atoms with E-state index in [-0.39, 0.29) is 40.3 Å². The van der Waals surface area contributed by atoms with Crippen molar-refractivity contribution in [3.05, 3.63) is 105 Å². The molecule has 0 radical (unpaired) electrons. The van der Waals surface area contributed by atoms with Gasteiger partial charge in [-0.25, -0.2) is 23.1 Å². The number of carbonyl (C=O) groups is 1. The zero-order valence-electron chi connectivity index (χ0n) is 37.5. The number of nitro groups is 1. The Labute approximate surface area is 389 Å². The van der Waals surface area contributed by atoms with Gasteiger partial charge in [0.2, 0.25) is 5.82 Å². The molecule has 2 aliphatic carbocycles. The van der Waals surface area contributed by atoms with Gasteiger partial charge in [0.15, 0.2) is 0 Å². The number of benzene rings is 2. The monoisotopic (exact) mass is 940 g/mol. The van der Waals surface area contributed by atoms with Crippen molar-refractivity contribution >= 4 is 55.8 Å². The van der Waals surface area contributed by atoms with Crippen molar-refractivity contribution in [2.45, 2.75) is 101 Å². The number of aromatic amines is 1. The fourth-order valence-electron chi connectivity index (χ4n) is 10.4. The number of ether oxygens (including phenoxy) is 2. The number of nitrogens with zero attached hydrogens (tertiary/aromatic N) is 5. The molecule has 4 N–H and O–H groups in total. The molecule has 4 aliphatic rings. The first kappa shape index (κ1) is 45.8. The fourth-order valence-corrected chi connectivity index (χ4v) is 11.6. The molecule has 9 rings (SSSR count). The van der Waals surface area contributed by atoms with E-state index in [0.717, 1.165) is 82.7 Å². The third kappa shape index (κ3) is 9.59. The Bertz CT molecular complexity index is 2720. The number of amides is 1. The van der Waals surface area contributed by atoms with Crippen LogP contribution in [0.15, 0.2) is 78.1 Å². The van der Waals surface area contributed by atoms with Crippen molar-refractivity contribution < 1.29 is 32.7 Å². The van der Waals surface area contributed by atoms with Crippen LogP contribution in [0.2, 0.25) is 5.02 Å². The first-order valence-corrected chi connectivity index (χ1v) is 24.7. The molecule has 5 heterocycles. The molecule has 1 amide bonds. The smallest absolute Gasteiger partial charge is 0.312 e. The molecular weight excluding hydrogens is 884 g/mol. The summed E-state index contributed by atoms with van der Waals surface area (Å²) in [6, 6.07) is 17.1. The van der Waals surface area contributed by atoms with E-state index in [1.807, 2.05) is 0 Å². The normalized spacial score (nSPS) is 22.6. The molecule has 1 atom stereocenters. The molecule has 3 aromatic heterocycles. The van der Waals surface area contributed by atoms with Crippen LogP contribution in [0.1, 0.15) is 106 Å². The Kier molecular flexibility index (Phi) is 12.8. The molecule has 5 aromatic rings. The average Bonchev–Trinajstić information content (AvgIpc) is 3.66. The minimum absolute atomic E-state index is 0.0794. The second kappa shape index (κ2) is 18.4. The minimum atomic E-state index is -4.66. The zero-order chi connectivity index (χ0) is 46.4. The molecule has 2 saturated heterocycles. The van der Waals surface area contributed by atoms with Crippen molar-refractivity contribution in [2.75, 3.05) is 49.6 Å². The first-order chi connectivity index (χ1) is 31.6. The van der Waals surface area contributed by atoms with Gasteiger partial charge in [0.25, 0.3) is 15.9 Å². The summed E-state index contributed by atoms with van der Waals surface area (Å²) in [7, 11) is -4.66. The summed E-state index contributed by atoms with van der Waals surface area (Å²) in [5.41, 5.74) is 2.98. The van der Waals surface area contributed by atoms with Gasteiger partial charge in [-0.05, 0) is 105 Å². The number of aromatic nitrogens is 3. The van der Waals surface area contributed by atoms with Gasteiger partial charge >= 0.3 is 5.69 Å². The van der Waals surface area contributed by atoms with Crippen LogP contribution in [-0.2, 0) is 14.8 Å². The summed E-state index contributed by atoms with van der Waals surface area (Å²) in [5.74, 6) is -0.142. The lowest BCUT2D eigenvalue weighted by Crippen LogP contribution is -2.58. The van der Waals surface area contributed by atoms with Crippen LogP contribution in [0.3, 0.4) is 0 Å². The van der Waals surface area contributed by atoms with Gasteiger partial charge in [-0.2, -0.15) is 0 Å². The van der Waals surface area contributed by atoms with E-state index < -0.39 is 37.0 Å². The van der Waals surface area contributed by atoms with E-state index in [0.29, 0.717) is 54.0 Å². The van der Waals surface area contributed by atoms with Gasteiger partial charge in [0.1, 0.15) is 22.0 Å². The molecule has 66 heavy (non-hydrogen) atoms. The lowest BCUT2D eigenvalue weighted by molar-refractivity contribution is -0.384. The Morgan fingerprint density at radius 3 is 2.56 bits per heavy atom. The van der Waals surface area contributed by atoms with E-state index in [4.69, 9.17) is 21.1 Å². The number of H-pyrrole nitrogens is 1. The number of nitrogens with one attached hydrogen (secondary N) is 3. The highest BCUT2D eigenvalue weighted by molar-refractivity contribution is 7.90. The molecule has 0 bridgehead atoms. The van der Waals surface area contributed by atoms with Crippen LogP contribution in [0.25, 0.3) is 11.0 Å². The quantitative estimate of drug-likeness (QED) is 0.0645. The molecule has 2 saturated carbocycles. The molecule has 16 nitrogen and oxygen atoms in total. The number of anilines is 2. The summed E-state index contributed by atoms with van der Waals surface area (Å²) in [4.78, 5) is 41.3. The highest BCUT2D eigenvalue weighted by Gasteiger charge is 2.50. The summed E-state index contributed by atoms with van der Waals surface area (Å²) >= 11 is 6.40. The number of aliphatic hydroxyl groups is 1. The van der Waals surface area contributed by atoms with E-state index in [2.05, 4.69) is 72.9 Å². The molecule has 2 aromatic carbocycles. The number of hydrogen-bond donors (Lipinski definition) is 4. The highest BCUT2D eigenvalue weighted by atomic mass is 35.5. The molecule has 0 unspecified atom stereocenters. The van der Waals surface area contributed by atoms with Crippen LogP contribution >= 0.6 is 11.6 Å². The largest absolute Gasteiger partial charge is 0.455 e. The lowest BCUT2D eigenvalue weighted by atomic mass is 9.59. The number of fused-ring (bicyclic) bond motifs is 1. The van der Waals surface area contributed by atoms with Crippen molar-refractivity contribution in [3.63, 3.8) is 0 Å². The number of hydrogen-bond acceptors (Lipinski definition) is 13. The van der Waals surface area contributed by atoms with Crippen LogP contribution < -0.4 is 19.7 Å². The summed E-state index contributed by atoms with van der Waals surface area (Å²) in [6.07, 6.45) is 11.0. The van der Waals surface area contributed by atoms with Crippen molar-refractivity contribution in [3.8, 4) is 11.5 Å². The van der Waals surface area contributed by atoms with Crippen LogP contribution in [0.5, 0.6) is 11.5 Å². The Morgan fingerprint density at radius 2 is 1.82 bits per heavy atom. The molecule has 2 aliphatic heterocycles. The second-order valence-corrected chi connectivity index (χ2v) is 21.3. The number of morpholine rings is 1. The van der Waals surface area contributed by atoms with E-state index in [1.54, 1.807) is 31.3 Å². The van der Waals surface area contributed by atoms with E-state index in [1.165, 1.54) is 23.4 Å². The second-order valence-electron chi connectivity index (χ2n) is 19.2. The van der Waals surface area contributed by atoms with Gasteiger partial charge < -0.3 is 29.8 Å². The Balaban J connectivity index is 0.907. The van der Waals surface area contributed by atoms with Gasteiger partial charge in [-0.1, -0.05) is 49.7 Å². The number of carbonyl (C=O) groups excluding carboxylic acids is 1. The summed E-state index contributed by atoms with van der Waals surface area (Å²) in [5, 5.41) is 26.5. The third-order valence-electron chi connectivity index (χ3n) is 14.4. The average molecular weight is 942 g/mol. The number of pyridine rings is 2. The van der Waals surface area contributed by atoms with E-state index in [9.17, 15) is 28.4 Å². The molecule has 1 spiro atoms. The SMILES string of the molecule is CC(C)c1ccccc1[C@H]1COCCN1C1CC2(CCN(c3ccc(C(=O)NS(=O)(=O)c4cnc(NC[C@H]5CC[C@](C)(O)CC5)c([N+](=O)[O-])c4)c(Oc4cnc5[nH]cc(Cl)c5c4)c3)CC2)C1. The molecule has 18 heteroatoms. The van der Waals surface area contributed by atoms with Crippen LogP contribution in [0.4, 0.5) is 17.2 Å².